The molecule has 0 amide bonds. The number of benzene rings is 2. The normalized spacial score (nSPS) is 14.8. The van der Waals surface area contributed by atoms with Crippen molar-refractivity contribution >= 4 is 10.9 Å². The van der Waals surface area contributed by atoms with Gasteiger partial charge in [-0.2, -0.15) is 0 Å². The Morgan fingerprint density at radius 2 is 2.04 bits per heavy atom. The maximum absolute atomic E-state index is 14.0. The SMILES string of the molecule is CC(c1ccc(F)cc1-c1cccc2ncccc12)N1C=CNC1. The van der Waals surface area contributed by atoms with E-state index in [1.54, 1.807) is 12.3 Å². The maximum Gasteiger partial charge on any atom is 0.123 e. The Morgan fingerprint density at radius 1 is 1.12 bits per heavy atom. The smallest absolute Gasteiger partial charge is 0.123 e. The molecule has 0 bridgehead atoms. The second-order valence-corrected chi connectivity index (χ2v) is 5.98. The molecule has 1 aliphatic rings. The van der Waals surface area contributed by atoms with E-state index in [1.165, 1.54) is 6.07 Å². The fourth-order valence-corrected chi connectivity index (χ4v) is 3.27. The van der Waals surface area contributed by atoms with E-state index in [0.29, 0.717) is 0 Å². The van der Waals surface area contributed by atoms with Gasteiger partial charge in [0.1, 0.15) is 5.82 Å². The molecule has 1 aliphatic heterocycles. The average Bonchev–Trinajstić information content (AvgIpc) is 3.15. The first-order chi connectivity index (χ1) is 11.7. The fraction of sp³-hybridized carbons (Fsp3) is 0.150. The third-order valence-electron chi connectivity index (χ3n) is 4.56. The number of hydrogen-bond acceptors (Lipinski definition) is 3. The van der Waals surface area contributed by atoms with Gasteiger partial charge in [-0.05, 0) is 47.9 Å². The predicted molar refractivity (Wildman–Crippen MR) is 94.5 cm³/mol. The summed E-state index contributed by atoms with van der Waals surface area (Å²) in [6, 6.07) is 15.1. The molecule has 120 valence electrons. The summed E-state index contributed by atoms with van der Waals surface area (Å²) in [6.07, 6.45) is 5.74. The van der Waals surface area contributed by atoms with Gasteiger partial charge in [-0.25, -0.2) is 4.39 Å². The number of nitrogens with zero attached hydrogens (tertiary/aromatic N) is 2. The van der Waals surface area contributed by atoms with Gasteiger partial charge < -0.3 is 10.2 Å². The van der Waals surface area contributed by atoms with Crippen LogP contribution in [0.5, 0.6) is 0 Å². The second-order valence-electron chi connectivity index (χ2n) is 5.98. The van der Waals surface area contributed by atoms with Crippen molar-refractivity contribution in [3.05, 3.63) is 78.5 Å². The van der Waals surface area contributed by atoms with Crippen molar-refractivity contribution in [1.82, 2.24) is 15.2 Å². The minimum absolute atomic E-state index is 0.138. The molecule has 0 saturated heterocycles. The molecule has 0 aliphatic carbocycles. The summed E-state index contributed by atoms with van der Waals surface area (Å²) in [5.41, 5.74) is 3.95. The van der Waals surface area contributed by atoms with Gasteiger partial charge in [0.25, 0.3) is 0 Å². The molecule has 1 aromatic heterocycles. The molecule has 0 spiro atoms. The summed E-state index contributed by atoms with van der Waals surface area (Å²) in [4.78, 5) is 6.61. The van der Waals surface area contributed by atoms with Gasteiger partial charge in [-0.1, -0.05) is 24.3 Å². The third-order valence-corrected chi connectivity index (χ3v) is 4.56. The van der Waals surface area contributed by atoms with Crippen molar-refractivity contribution in [2.75, 3.05) is 6.67 Å². The Kier molecular flexibility index (Phi) is 3.65. The molecule has 0 saturated carbocycles. The summed E-state index contributed by atoms with van der Waals surface area (Å²) in [5.74, 6) is -0.225. The van der Waals surface area contributed by atoms with E-state index in [-0.39, 0.29) is 11.9 Å². The van der Waals surface area contributed by atoms with Gasteiger partial charge in [0, 0.05) is 24.0 Å². The van der Waals surface area contributed by atoms with Crippen LogP contribution in [0.25, 0.3) is 22.0 Å². The molecule has 1 N–H and O–H groups in total. The van der Waals surface area contributed by atoms with Gasteiger partial charge >= 0.3 is 0 Å². The molecule has 3 aromatic rings. The van der Waals surface area contributed by atoms with Crippen LogP contribution in [0, 0.1) is 5.82 Å². The van der Waals surface area contributed by atoms with Crippen molar-refractivity contribution in [3.8, 4) is 11.1 Å². The van der Waals surface area contributed by atoms with E-state index in [2.05, 4.69) is 22.1 Å². The number of rotatable bonds is 3. The summed E-state index contributed by atoms with van der Waals surface area (Å²) in [5, 5.41) is 4.22. The van der Waals surface area contributed by atoms with Crippen molar-refractivity contribution in [2.45, 2.75) is 13.0 Å². The van der Waals surface area contributed by atoms with Crippen molar-refractivity contribution in [2.24, 2.45) is 0 Å². The van der Waals surface area contributed by atoms with Gasteiger partial charge in [0.2, 0.25) is 0 Å². The Balaban J connectivity index is 1.90. The molecule has 4 rings (SSSR count). The molecule has 1 unspecified atom stereocenters. The minimum Gasteiger partial charge on any atom is -0.373 e. The number of pyridine rings is 1. The topological polar surface area (TPSA) is 28.2 Å². The summed E-state index contributed by atoms with van der Waals surface area (Å²) >= 11 is 0. The molecular weight excluding hydrogens is 301 g/mol. The molecule has 2 heterocycles. The standard InChI is InChI=1S/C20H18FN3/c1-14(24-11-10-22-13-24)16-8-7-15(21)12-19(16)17-4-2-6-20-18(17)5-3-9-23-20/h2-12,14,22H,13H2,1H3. The Labute approximate surface area is 140 Å². The van der Waals surface area contributed by atoms with E-state index in [4.69, 9.17) is 0 Å². The van der Waals surface area contributed by atoms with Gasteiger partial charge in [-0.15, -0.1) is 0 Å². The maximum atomic E-state index is 14.0. The van der Waals surface area contributed by atoms with E-state index < -0.39 is 0 Å². The van der Waals surface area contributed by atoms with Crippen LogP contribution >= 0.6 is 0 Å². The molecule has 0 radical (unpaired) electrons. The van der Waals surface area contributed by atoms with Crippen LogP contribution in [0.4, 0.5) is 4.39 Å². The lowest BCUT2D eigenvalue weighted by Gasteiger charge is -2.26. The average molecular weight is 319 g/mol. The molecule has 3 nitrogen and oxygen atoms in total. The van der Waals surface area contributed by atoms with Gasteiger partial charge in [0.05, 0.1) is 18.2 Å². The first-order valence-corrected chi connectivity index (χ1v) is 8.03. The highest BCUT2D eigenvalue weighted by Gasteiger charge is 2.20. The van der Waals surface area contributed by atoms with Gasteiger partial charge in [-0.3, -0.25) is 4.98 Å². The Hall–Kier alpha value is -2.88. The molecule has 24 heavy (non-hydrogen) atoms. The van der Waals surface area contributed by atoms with Crippen molar-refractivity contribution < 1.29 is 4.39 Å². The highest BCUT2D eigenvalue weighted by atomic mass is 19.1. The molecule has 1 atom stereocenters. The zero-order valence-corrected chi connectivity index (χ0v) is 13.4. The van der Waals surface area contributed by atoms with Crippen LogP contribution < -0.4 is 5.32 Å². The van der Waals surface area contributed by atoms with Crippen LogP contribution in [-0.4, -0.2) is 16.6 Å². The Bertz CT molecular complexity index is 914. The minimum atomic E-state index is -0.225. The number of nitrogens with one attached hydrogen (secondary N) is 1. The zero-order chi connectivity index (χ0) is 16.5. The number of aromatic nitrogens is 1. The second kappa shape index (κ2) is 5.96. The van der Waals surface area contributed by atoms with E-state index >= 15 is 0 Å². The summed E-state index contributed by atoms with van der Waals surface area (Å²) < 4.78 is 14.0. The number of halogens is 1. The lowest BCUT2D eigenvalue weighted by atomic mass is 9.92. The first-order valence-electron chi connectivity index (χ1n) is 8.03. The van der Waals surface area contributed by atoms with E-state index in [9.17, 15) is 4.39 Å². The van der Waals surface area contributed by atoms with Crippen LogP contribution in [0.1, 0.15) is 18.5 Å². The van der Waals surface area contributed by atoms with Crippen molar-refractivity contribution in [3.63, 3.8) is 0 Å². The summed E-state index contributed by atoms with van der Waals surface area (Å²) in [7, 11) is 0. The number of fused-ring (bicyclic) bond motifs is 1. The lowest BCUT2D eigenvalue weighted by molar-refractivity contribution is 0.311. The fourth-order valence-electron chi connectivity index (χ4n) is 3.27. The molecule has 4 heteroatoms. The van der Waals surface area contributed by atoms with Gasteiger partial charge in [0.15, 0.2) is 0 Å². The summed E-state index contributed by atoms with van der Waals surface area (Å²) in [6.45, 7) is 2.90. The lowest BCUT2D eigenvalue weighted by Crippen LogP contribution is -2.24. The van der Waals surface area contributed by atoms with E-state index in [0.717, 1.165) is 34.3 Å². The highest BCUT2D eigenvalue weighted by molar-refractivity contribution is 5.95. The first kappa shape index (κ1) is 14.7. The third kappa shape index (κ3) is 2.50. The molecular formula is C20H18FN3. The molecule has 2 aromatic carbocycles. The Morgan fingerprint density at radius 3 is 2.88 bits per heavy atom. The molecule has 0 fully saturated rings. The predicted octanol–water partition coefficient (Wildman–Crippen LogP) is 4.44. The van der Waals surface area contributed by atoms with Crippen LogP contribution in [0.15, 0.2) is 67.1 Å². The largest absolute Gasteiger partial charge is 0.373 e. The van der Waals surface area contributed by atoms with E-state index in [1.807, 2.05) is 48.8 Å². The van der Waals surface area contributed by atoms with Crippen molar-refractivity contribution in [1.29, 1.82) is 0 Å². The van der Waals surface area contributed by atoms with Crippen LogP contribution in [0.2, 0.25) is 0 Å². The van der Waals surface area contributed by atoms with Crippen LogP contribution in [-0.2, 0) is 0 Å². The number of hydrogen-bond donors (Lipinski definition) is 1. The highest BCUT2D eigenvalue weighted by Crippen LogP contribution is 2.35. The quantitative estimate of drug-likeness (QED) is 0.774. The zero-order valence-electron chi connectivity index (χ0n) is 13.4. The monoisotopic (exact) mass is 319 g/mol. The van der Waals surface area contributed by atoms with Crippen LogP contribution in [0.3, 0.4) is 0 Å².